The van der Waals surface area contributed by atoms with Crippen molar-refractivity contribution in [3.63, 3.8) is 0 Å². The summed E-state index contributed by atoms with van der Waals surface area (Å²) in [6.07, 6.45) is 5.87. The van der Waals surface area contributed by atoms with Crippen LogP contribution in [0.5, 0.6) is 0 Å². The van der Waals surface area contributed by atoms with E-state index >= 15 is 0 Å². The number of nitrogens with zero attached hydrogens (tertiary/aromatic N) is 5. The Morgan fingerprint density at radius 1 is 0.885 bits per heavy atom. The molecule has 1 saturated heterocycles. The third-order valence-corrected chi connectivity index (χ3v) is 5.28. The number of imidazole rings is 1. The van der Waals surface area contributed by atoms with Gasteiger partial charge in [-0.2, -0.15) is 0 Å². The summed E-state index contributed by atoms with van der Waals surface area (Å²) in [5.41, 5.74) is 3.24. The fraction of sp³-hybridized carbons (Fsp3) is 0.238. The third-order valence-electron chi connectivity index (χ3n) is 5.28. The van der Waals surface area contributed by atoms with Crippen LogP contribution < -0.4 is 4.90 Å². The lowest BCUT2D eigenvalue weighted by atomic mass is 10.0. The predicted octanol–water partition coefficient (Wildman–Crippen LogP) is 3.30. The molecule has 0 spiro atoms. The molecule has 2 aromatic heterocycles. The van der Waals surface area contributed by atoms with Crippen LogP contribution in [0.1, 0.15) is 0 Å². The van der Waals surface area contributed by atoms with Gasteiger partial charge < -0.3 is 9.80 Å². The van der Waals surface area contributed by atoms with E-state index in [0.29, 0.717) is 0 Å². The van der Waals surface area contributed by atoms with E-state index in [-0.39, 0.29) is 0 Å². The van der Waals surface area contributed by atoms with E-state index in [1.54, 1.807) is 0 Å². The fourth-order valence-corrected chi connectivity index (χ4v) is 3.79. The van der Waals surface area contributed by atoms with Crippen LogP contribution in [0.15, 0.2) is 61.1 Å². The Morgan fingerprint density at radius 3 is 2.58 bits per heavy atom. The van der Waals surface area contributed by atoms with Gasteiger partial charge in [0, 0.05) is 44.1 Å². The average molecular weight is 343 g/mol. The van der Waals surface area contributed by atoms with Gasteiger partial charge in [0.2, 0.25) is 0 Å². The number of hydrogen-bond donors (Lipinski definition) is 0. The van der Waals surface area contributed by atoms with Crippen molar-refractivity contribution >= 4 is 22.2 Å². The summed E-state index contributed by atoms with van der Waals surface area (Å²) in [5.74, 6) is 0.979. The number of hydrogen-bond acceptors (Lipinski definition) is 4. The largest absolute Gasteiger partial charge is 0.351 e. The van der Waals surface area contributed by atoms with Crippen LogP contribution in [0.2, 0.25) is 0 Å². The van der Waals surface area contributed by atoms with Crippen molar-refractivity contribution in [3.8, 4) is 11.3 Å². The van der Waals surface area contributed by atoms with Gasteiger partial charge in [-0.3, -0.25) is 4.40 Å². The second-order valence-corrected chi connectivity index (χ2v) is 6.90. The number of piperazine rings is 1. The highest BCUT2D eigenvalue weighted by Crippen LogP contribution is 2.30. The van der Waals surface area contributed by atoms with Crippen LogP contribution in [0.4, 0.5) is 5.82 Å². The van der Waals surface area contributed by atoms with Crippen molar-refractivity contribution in [2.24, 2.45) is 0 Å². The minimum absolute atomic E-state index is 0.931. The Kier molecular flexibility index (Phi) is 3.60. The molecule has 0 aliphatic carbocycles. The summed E-state index contributed by atoms with van der Waals surface area (Å²) in [6, 6.07) is 14.9. The van der Waals surface area contributed by atoms with Crippen molar-refractivity contribution in [2.45, 2.75) is 0 Å². The number of fused-ring (bicyclic) bond motifs is 2. The first-order chi connectivity index (χ1) is 12.8. The summed E-state index contributed by atoms with van der Waals surface area (Å²) in [4.78, 5) is 14.1. The standard InChI is InChI=1S/C21H21N5/c1-24-11-13-25(14-12-24)20-21-23-15-19(26(21)10-9-22-20)18-8-4-6-16-5-2-3-7-17(16)18/h2-10,15H,11-14H2,1H3. The fourth-order valence-electron chi connectivity index (χ4n) is 3.79. The first-order valence-electron chi connectivity index (χ1n) is 9.05. The molecule has 5 heteroatoms. The first kappa shape index (κ1) is 15.3. The van der Waals surface area contributed by atoms with Crippen molar-refractivity contribution in [1.29, 1.82) is 0 Å². The lowest BCUT2D eigenvalue weighted by molar-refractivity contribution is 0.312. The van der Waals surface area contributed by atoms with Gasteiger partial charge in [0.05, 0.1) is 11.9 Å². The van der Waals surface area contributed by atoms with Gasteiger partial charge in [-0.15, -0.1) is 0 Å². The van der Waals surface area contributed by atoms with Gasteiger partial charge in [-0.25, -0.2) is 9.97 Å². The molecule has 1 aliphatic rings. The highest BCUT2D eigenvalue weighted by atomic mass is 15.3. The first-order valence-corrected chi connectivity index (χ1v) is 9.05. The Balaban J connectivity index is 1.65. The summed E-state index contributed by atoms with van der Waals surface area (Å²) in [6.45, 7) is 4.08. The van der Waals surface area contributed by atoms with E-state index in [1.165, 1.54) is 16.3 Å². The van der Waals surface area contributed by atoms with E-state index in [4.69, 9.17) is 4.98 Å². The lowest BCUT2D eigenvalue weighted by Crippen LogP contribution is -2.45. The van der Waals surface area contributed by atoms with E-state index < -0.39 is 0 Å². The zero-order valence-electron chi connectivity index (χ0n) is 14.8. The molecule has 26 heavy (non-hydrogen) atoms. The van der Waals surface area contributed by atoms with Crippen LogP contribution in [0, 0.1) is 0 Å². The van der Waals surface area contributed by atoms with Gasteiger partial charge in [-0.05, 0) is 17.8 Å². The van der Waals surface area contributed by atoms with Crippen LogP contribution in [-0.4, -0.2) is 52.5 Å². The van der Waals surface area contributed by atoms with Gasteiger partial charge in [0.1, 0.15) is 0 Å². The van der Waals surface area contributed by atoms with Crippen molar-refractivity contribution in [3.05, 3.63) is 61.1 Å². The number of anilines is 1. The Morgan fingerprint density at radius 2 is 1.69 bits per heavy atom. The van der Waals surface area contributed by atoms with Gasteiger partial charge >= 0.3 is 0 Å². The van der Waals surface area contributed by atoms with E-state index in [1.807, 2.05) is 18.6 Å². The highest BCUT2D eigenvalue weighted by molar-refractivity contribution is 5.96. The molecule has 4 aromatic rings. The third kappa shape index (κ3) is 2.44. The molecule has 0 atom stereocenters. The minimum atomic E-state index is 0.931. The minimum Gasteiger partial charge on any atom is -0.351 e. The van der Waals surface area contributed by atoms with Crippen LogP contribution in [0.3, 0.4) is 0 Å². The monoisotopic (exact) mass is 343 g/mol. The second-order valence-electron chi connectivity index (χ2n) is 6.90. The van der Waals surface area contributed by atoms with E-state index in [0.717, 1.165) is 43.3 Å². The average Bonchev–Trinajstić information content (AvgIpc) is 3.12. The molecular formula is C21H21N5. The molecule has 0 N–H and O–H groups in total. The lowest BCUT2D eigenvalue weighted by Gasteiger charge is -2.33. The number of benzene rings is 2. The zero-order valence-corrected chi connectivity index (χ0v) is 14.8. The zero-order chi connectivity index (χ0) is 17.5. The Bertz CT molecular complexity index is 1070. The molecule has 1 aliphatic heterocycles. The molecule has 3 heterocycles. The molecule has 0 saturated carbocycles. The molecule has 0 bridgehead atoms. The van der Waals surface area contributed by atoms with Crippen LogP contribution in [0.25, 0.3) is 27.7 Å². The molecule has 5 rings (SSSR count). The molecule has 0 amide bonds. The SMILES string of the molecule is CN1CCN(c2nccn3c(-c4cccc5ccccc45)cnc23)CC1. The summed E-state index contributed by atoms with van der Waals surface area (Å²) in [5, 5.41) is 2.49. The molecule has 5 nitrogen and oxygen atoms in total. The normalized spacial score (nSPS) is 15.8. The topological polar surface area (TPSA) is 36.7 Å². The maximum Gasteiger partial charge on any atom is 0.180 e. The molecular weight excluding hydrogens is 322 g/mol. The maximum atomic E-state index is 4.74. The molecule has 1 fully saturated rings. The maximum absolute atomic E-state index is 4.74. The Hall–Kier alpha value is -2.92. The second kappa shape index (κ2) is 6.11. The molecule has 2 aromatic carbocycles. The van der Waals surface area contributed by atoms with Crippen molar-refractivity contribution in [2.75, 3.05) is 38.1 Å². The predicted molar refractivity (Wildman–Crippen MR) is 106 cm³/mol. The molecule has 0 radical (unpaired) electrons. The summed E-state index contributed by atoms with van der Waals surface area (Å²) >= 11 is 0. The molecule has 130 valence electrons. The van der Waals surface area contributed by atoms with Crippen LogP contribution >= 0.6 is 0 Å². The highest BCUT2D eigenvalue weighted by Gasteiger charge is 2.20. The van der Waals surface area contributed by atoms with E-state index in [2.05, 4.69) is 68.7 Å². The smallest absolute Gasteiger partial charge is 0.180 e. The molecule has 0 unspecified atom stereocenters. The number of rotatable bonds is 2. The quantitative estimate of drug-likeness (QED) is 0.560. The van der Waals surface area contributed by atoms with Gasteiger partial charge in [0.15, 0.2) is 11.5 Å². The summed E-state index contributed by atoms with van der Waals surface area (Å²) in [7, 11) is 2.17. The Labute approximate surface area is 152 Å². The number of likely N-dealkylation sites (N-methyl/N-ethyl adjacent to an activating group) is 1. The summed E-state index contributed by atoms with van der Waals surface area (Å²) < 4.78 is 2.17. The van der Waals surface area contributed by atoms with Crippen molar-refractivity contribution in [1.82, 2.24) is 19.3 Å². The van der Waals surface area contributed by atoms with Gasteiger partial charge in [0.25, 0.3) is 0 Å². The number of aromatic nitrogens is 3. The van der Waals surface area contributed by atoms with Crippen LogP contribution in [-0.2, 0) is 0 Å². The van der Waals surface area contributed by atoms with Crippen molar-refractivity contribution < 1.29 is 0 Å². The van der Waals surface area contributed by atoms with Gasteiger partial charge in [-0.1, -0.05) is 42.5 Å². The van der Waals surface area contributed by atoms with E-state index in [9.17, 15) is 0 Å².